The Morgan fingerprint density at radius 3 is 2.76 bits per heavy atom. The Labute approximate surface area is 125 Å². The standard InChI is InChI=1S/C16H22N4O/c1-12-8-14(9-18)10-20(12)11-16(21)19-15-4-2-13(3-5-15)6-7-17/h2-5,12,14H,6,8-11,18H2,1H3,(H,19,21). The third kappa shape index (κ3) is 4.28. The van der Waals surface area contributed by atoms with Crippen molar-refractivity contribution in [2.45, 2.75) is 25.8 Å². The summed E-state index contributed by atoms with van der Waals surface area (Å²) in [7, 11) is 0. The molecule has 1 aliphatic heterocycles. The number of hydrogen-bond donors (Lipinski definition) is 2. The largest absolute Gasteiger partial charge is 0.330 e. The van der Waals surface area contributed by atoms with E-state index in [1.807, 2.05) is 24.3 Å². The molecule has 1 aromatic rings. The van der Waals surface area contributed by atoms with Crippen LogP contribution >= 0.6 is 0 Å². The lowest BCUT2D eigenvalue weighted by Crippen LogP contribution is -2.36. The van der Waals surface area contributed by atoms with Gasteiger partial charge in [0.2, 0.25) is 5.91 Å². The van der Waals surface area contributed by atoms with Gasteiger partial charge in [-0.05, 0) is 43.5 Å². The SMILES string of the molecule is CC1CC(CN)CN1CC(=O)Nc1ccc(CC#N)cc1. The Hall–Kier alpha value is -1.90. The second-order valence-corrected chi connectivity index (χ2v) is 5.70. The number of nitrogens with two attached hydrogens (primary N) is 1. The van der Waals surface area contributed by atoms with Gasteiger partial charge in [-0.1, -0.05) is 12.1 Å². The highest BCUT2D eigenvalue weighted by atomic mass is 16.2. The van der Waals surface area contributed by atoms with E-state index in [1.54, 1.807) is 0 Å². The van der Waals surface area contributed by atoms with Gasteiger partial charge in [-0.15, -0.1) is 0 Å². The van der Waals surface area contributed by atoms with Gasteiger partial charge < -0.3 is 11.1 Å². The molecule has 2 atom stereocenters. The third-order valence-electron chi connectivity index (χ3n) is 3.99. The van der Waals surface area contributed by atoms with E-state index in [0.29, 0.717) is 31.5 Å². The molecule has 0 aromatic heterocycles. The van der Waals surface area contributed by atoms with Crippen molar-refractivity contribution in [1.82, 2.24) is 4.90 Å². The minimum atomic E-state index is -0.00689. The van der Waals surface area contributed by atoms with Gasteiger partial charge in [0.1, 0.15) is 0 Å². The fraction of sp³-hybridized carbons (Fsp3) is 0.500. The first-order valence-electron chi connectivity index (χ1n) is 7.32. The molecule has 21 heavy (non-hydrogen) atoms. The highest BCUT2D eigenvalue weighted by Gasteiger charge is 2.29. The predicted molar refractivity (Wildman–Crippen MR) is 82.6 cm³/mol. The van der Waals surface area contributed by atoms with Crippen molar-refractivity contribution in [3.8, 4) is 6.07 Å². The fourth-order valence-corrected chi connectivity index (χ4v) is 2.79. The number of carbonyl (C=O) groups is 1. The molecule has 0 spiro atoms. The molecule has 1 aliphatic rings. The van der Waals surface area contributed by atoms with Crippen LogP contribution in [0, 0.1) is 17.2 Å². The second kappa shape index (κ2) is 7.21. The molecular formula is C16H22N4O. The molecule has 1 heterocycles. The molecule has 1 amide bonds. The Morgan fingerprint density at radius 2 is 2.19 bits per heavy atom. The molecular weight excluding hydrogens is 264 g/mol. The zero-order chi connectivity index (χ0) is 15.2. The lowest BCUT2D eigenvalue weighted by molar-refractivity contribution is -0.117. The number of nitrogens with zero attached hydrogens (tertiary/aromatic N) is 2. The van der Waals surface area contributed by atoms with Crippen LogP contribution in [0.25, 0.3) is 0 Å². The molecule has 0 aliphatic carbocycles. The summed E-state index contributed by atoms with van der Waals surface area (Å²) in [5, 5.41) is 11.5. The van der Waals surface area contributed by atoms with Crippen LogP contribution in [-0.4, -0.2) is 36.5 Å². The normalized spacial score (nSPS) is 22.0. The number of anilines is 1. The van der Waals surface area contributed by atoms with Gasteiger partial charge in [0.15, 0.2) is 0 Å². The molecule has 2 unspecified atom stereocenters. The zero-order valence-corrected chi connectivity index (χ0v) is 12.4. The lowest BCUT2D eigenvalue weighted by atomic mass is 10.1. The molecule has 1 saturated heterocycles. The number of amides is 1. The van der Waals surface area contributed by atoms with Crippen LogP contribution in [0.15, 0.2) is 24.3 Å². The molecule has 0 radical (unpaired) electrons. The van der Waals surface area contributed by atoms with E-state index in [9.17, 15) is 4.79 Å². The maximum Gasteiger partial charge on any atom is 0.238 e. The second-order valence-electron chi connectivity index (χ2n) is 5.70. The number of benzene rings is 1. The number of nitriles is 1. The number of carbonyl (C=O) groups excluding carboxylic acids is 1. The maximum absolute atomic E-state index is 12.1. The highest BCUT2D eigenvalue weighted by Crippen LogP contribution is 2.21. The van der Waals surface area contributed by atoms with Gasteiger partial charge in [0.25, 0.3) is 0 Å². The van der Waals surface area contributed by atoms with Crippen molar-refractivity contribution in [2.24, 2.45) is 11.7 Å². The minimum absolute atomic E-state index is 0.00689. The first-order valence-corrected chi connectivity index (χ1v) is 7.32. The third-order valence-corrected chi connectivity index (χ3v) is 3.99. The summed E-state index contributed by atoms with van der Waals surface area (Å²) in [6.07, 6.45) is 1.45. The first-order chi connectivity index (χ1) is 10.1. The van der Waals surface area contributed by atoms with Crippen LogP contribution in [0.4, 0.5) is 5.69 Å². The van der Waals surface area contributed by atoms with Gasteiger partial charge in [-0.25, -0.2) is 0 Å². The molecule has 0 saturated carbocycles. The molecule has 3 N–H and O–H groups in total. The first kappa shape index (κ1) is 15.5. The van der Waals surface area contributed by atoms with E-state index >= 15 is 0 Å². The Morgan fingerprint density at radius 1 is 1.48 bits per heavy atom. The van der Waals surface area contributed by atoms with Gasteiger partial charge in [-0.3, -0.25) is 9.69 Å². The number of hydrogen-bond acceptors (Lipinski definition) is 4. The molecule has 5 heteroatoms. The van der Waals surface area contributed by atoms with Crippen molar-refractivity contribution < 1.29 is 4.79 Å². The van der Waals surface area contributed by atoms with E-state index in [0.717, 1.165) is 24.2 Å². The molecule has 1 aromatic carbocycles. The lowest BCUT2D eigenvalue weighted by Gasteiger charge is -2.20. The van der Waals surface area contributed by atoms with E-state index in [-0.39, 0.29) is 5.91 Å². The molecule has 5 nitrogen and oxygen atoms in total. The summed E-state index contributed by atoms with van der Waals surface area (Å²) in [6.45, 7) is 4.12. The monoisotopic (exact) mass is 286 g/mol. The smallest absolute Gasteiger partial charge is 0.238 e. The van der Waals surface area contributed by atoms with Crippen LogP contribution in [0.1, 0.15) is 18.9 Å². The minimum Gasteiger partial charge on any atom is -0.330 e. The van der Waals surface area contributed by atoms with Crippen molar-refractivity contribution >= 4 is 11.6 Å². The summed E-state index contributed by atoms with van der Waals surface area (Å²) < 4.78 is 0. The van der Waals surface area contributed by atoms with Crippen molar-refractivity contribution in [3.05, 3.63) is 29.8 Å². The van der Waals surface area contributed by atoms with Gasteiger partial charge in [-0.2, -0.15) is 5.26 Å². The average molecular weight is 286 g/mol. The van der Waals surface area contributed by atoms with Crippen molar-refractivity contribution in [2.75, 3.05) is 25.0 Å². The van der Waals surface area contributed by atoms with Crippen LogP contribution in [0.3, 0.4) is 0 Å². The van der Waals surface area contributed by atoms with Crippen LogP contribution in [-0.2, 0) is 11.2 Å². The van der Waals surface area contributed by atoms with Gasteiger partial charge >= 0.3 is 0 Å². The fourth-order valence-electron chi connectivity index (χ4n) is 2.79. The topological polar surface area (TPSA) is 82.2 Å². The van der Waals surface area contributed by atoms with E-state index < -0.39 is 0 Å². The van der Waals surface area contributed by atoms with E-state index in [4.69, 9.17) is 11.0 Å². The number of rotatable bonds is 5. The van der Waals surface area contributed by atoms with E-state index in [1.165, 1.54) is 0 Å². The zero-order valence-electron chi connectivity index (χ0n) is 12.4. The van der Waals surface area contributed by atoms with Gasteiger partial charge in [0, 0.05) is 18.3 Å². The number of likely N-dealkylation sites (tertiary alicyclic amines) is 1. The van der Waals surface area contributed by atoms with Crippen LogP contribution in [0.2, 0.25) is 0 Å². The average Bonchev–Trinajstić information content (AvgIpc) is 2.82. The Bertz CT molecular complexity index is 520. The maximum atomic E-state index is 12.1. The highest BCUT2D eigenvalue weighted by molar-refractivity contribution is 5.92. The molecule has 1 fully saturated rings. The van der Waals surface area contributed by atoms with Gasteiger partial charge in [0.05, 0.1) is 19.0 Å². The van der Waals surface area contributed by atoms with Crippen molar-refractivity contribution in [3.63, 3.8) is 0 Å². The van der Waals surface area contributed by atoms with Crippen molar-refractivity contribution in [1.29, 1.82) is 5.26 Å². The van der Waals surface area contributed by atoms with Crippen LogP contribution < -0.4 is 11.1 Å². The summed E-state index contributed by atoms with van der Waals surface area (Å²) in [6, 6.07) is 9.90. The summed E-state index contributed by atoms with van der Waals surface area (Å²) in [5.74, 6) is 0.491. The summed E-state index contributed by atoms with van der Waals surface area (Å²) in [4.78, 5) is 14.3. The quantitative estimate of drug-likeness (QED) is 0.856. The predicted octanol–water partition coefficient (Wildman–Crippen LogP) is 1.36. The van der Waals surface area contributed by atoms with Crippen LogP contribution in [0.5, 0.6) is 0 Å². The Balaban J connectivity index is 1.86. The summed E-state index contributed by atoms with van der Waals surface area (Å²) >= 11 is 0. The van der Waals surface area contributed by atoms with E-state index in [2.05, 4.69) is 23.2 Å². The molecule has 0 bridgehead atoms. The Kier molecular flexibility index (Phi) is 5.32. The molecule has 2 rings (SSSR count). The molecule has 112 valence electrons. The summed E-state index contributed by atoms with van der Waals surface area (Å²) in [5.41, 5.74) is 7.42. The number of nitrogens with one attached hydrogen (secondary N) is 1.